The van der Waals surface area contributed by atoms with Crippen LogP contribution in [0.1, 0.15) is 6.42 Å². The van der Waals surface area contributed by atoms with Gasteiger partial charge in [-0.3, -0.25) is 4.79 Å². The zero-order valence-electron chi connectivity index (χ0n) is 13.3. The number of hydrogen-bond donors (Lipinski definition) is 3. The third-order valence-electron chi connectivity index (χ3n) is 3.67. The van der Waals surface area contributed by atoms with Gasteiger partial charge in [-0.2, -0.15) is 0 Å². The van der Waals surface area contributed by atoms with Crippen LogP contribution in [0.4, 0.5) is 11.6 Å². The number of carbonyl (C=O) groups excluding carboxylic acids is 1. The molecular formula is C18H20N4O2. The Morgan fingerprint density at radius 3 is 2.62 bits per heavy atom. The van der Waals surface area contributed by atoms with Gasteiger partial charge in [-0.1, -0.05) is 30.3 Å². The predicted octanol–water partition coefficient (Wildman–Crippen LogP) is 2.47. The highest BCUT2D eigenvalue weighted by Gasteiger charge is 2.11. The SMILES string of the molecule is O=C(CCn1c(NCCO)nc2ccccc21)Nc1ccccc1. The molecule has 6 nitrogen and oxygen atoms in total. The Kier molecular flexibility index (Phi) is 5.08. The number of carbonyl (C=O) groups is 1. The minimum atomic E-state index is -0.0490. The maximum absolute atomic E-state index is 12.2. The number of anilines is 2. The Balaban J connectivity index is 1.72. The molecule has 3 aromatic rings. The first-order valence-electron chi connectivity index (χ1n) is 7.93. The molecule has 0 aliphatic carbocycles. The lowest BCUT2D eigenvalue weighted by Crippen LogP contribution is -2.16. The van der Waals surface area contributed by atoms with E-state index < -0.39 is 0 Å². The number of para-hydroxylation sites is 3. The van der Waals surface area contributed by atoms with Gasteiger partial charge in [-0.25, -0.2) is 4.98 Å². The van der Waals surface area contributed by atoms with Crippen molar-refractivity contribution in [2.24, 2.45) is 0 Å². The van der Waals surface area contributed by atoms with Gasteiger partial charge in [0.05, 0.1) is 17.6 Å². The number of nitrogens with zero attached hydrogens (tertiary/aromatic N) is 2. The smallest absolute Gasteiger partial charge is 0.226 e. The fourth-order valence-corrected chi connectivity index (χ4v) is 2.56. The molecular weight excluding hydrogens is 304 g/mol. The highest BCUT2D eigenvalue weighted by Crippen LogP contribution is 2.20. The van der Waals surface area contributed by atoms with E-state index in [4.69, 9.17) is 5.11 Å². The van der Waals surface area contributed by atoms with Crippen molar-refractivity contribution in [1.29, 1.82) is 0 Å². The predicted molar refractivity (Wildman–Crippen MR) is 95.0 cm³/mol. The van der Waals surface area contributed by atoms with E-state index in [0.717, 1.165) is 16.7 Å². The summed E-state index contributed by atoms with van der Waals surface area (Å²) in [5.74, 6) is 0.616. The number of fused-ring (bicyclic) bond motifs is 1. The Hall–Kier alpha value is -2.86. The normalized spacial score (nSPS) is 10.7. The Labute approximate surface area is 140 Å². The van der Waals surface area contributed by atoms with Gasteiger partial charge in [0.2, 0.25) is 11.9 Å². The molecule has 3 N–H and O–H groups in total. The monoisotopic (exact) mass is 324 g/mol. The maximum Gasteiger partial charge on any atom is 0.226 e. The Morgan fingerprint density at radius 1 is 1.08 bits per heavy atom. The maximum atomic E-state index is 12.2. The lowest BCUT2D eigenvalue weighted by atomic mass is 10.3. The van der Waals surface area contributed by atoms with Crippen molar-refractivity contribution < 1.29 is 9.90 Å². The van der Waals surface area contributed by atoms with Crippen LogP contribution < -0.4 is 10.6 Å². The van der Waals surface area contributed by atoms with Crippen LogP contribution in [0, 0.1) is 0 Å². The van der Waals surface area contributed by atoms with Gasteiger partial charge in [0.1, 0.15) is 0 Å². The van der Waals surface area contributed by atoms with Crippen molar-refractivity contribution in [3.8, 4) is 0 Å². The molecule has 1 aromatic heterocycles. The molecule has 0 fully saturated rings. The number of aromatic nitrogens is 2. The topological polar surface area (TPSA) is 79.2 Å². The van der Waals surface area contributed by atoms with E-state index >= 15 is 0 Å². The molecule has 24 heavy (non-hydrogen) atoms. The second-order valence-corrected chi connectivity index (χ2v) is 5.39. The number of aryl methyl sites for hydroxylation is 1. The van der Waals surface area contributed by atoms with Crippen molar-refractivity contribution in [2.45, 2.75) is 13.0 Å². The van der Waals surface area contributed by atoms with Crippen molar-refractivity contribution in [2.75, 3.05) is 23.8 Å². The van der Waals surface area contributed by atoms with Crippen molar-refractivity contribution in [3.63, 3.8) is 0 Å². The zero-order chi connectivity index (χ0) is 16.8. The number of benzene rings is 2. The highest BCUT2D eigenvalue weighted by atomic mass is 16.3. The average molecular weight is 324 g/mol. The summed E-state index contributed by atoms with van der Waals surface area (Å²) >= 11 is 0. The van der Waals surface area contributed by atoms with E-state index in [1.807, 2.05) is 59.2 Å². The van der Waals surface area contributed by atoms with Crippen LogP contribution in [0.2, 0.25) is 0 Å². The number of imidazole rings is 1. The summed E-state index contributed by atoms with van der Waals surface area (Å²) in [5, 5.41) is 15.0. The van der Waals surface area contributed by atoms with Crippen molar-refractivity contribution in [1.82, 2.24) is 9.55 Å². The van der Waals surface area contributed by atoms with Crippen LogP contribution in [-0.4, -0.2) is 33.7 Å². The van der Waals surface area contributed by atoms with Crippen molar-refractivity contribution in [3.05, 3.63) is 54.6 Å². The van der Waals surface area contributed by atoms with E-state index in [2.05, 4.69) is 15.6 Å². The number of nitrogens with one attached hydrogen (secondary N) is 2. The molecule has 0 aliphatic heterocycles. The summed E-state index contributed by atoms with van der Waals surface area (Å²) in [5.41, 5.74) is 2.61. The van der Waals surface area contributed by atoms with Crippen LogP contribution in [0.5, 0.6) is 0 Å². The van der Waals surface area contributed by atoms with Gasteiger partial charge >= 0.3 is 0 Å². The molecule has 1 amide bonds. The summed E-state index contributed by atoms with van der Waals surface area (Å²) in [6.07, 6.45) is 0.336. The van der Waals surface area contributed by atoms with E-state index in [9.17, 15) is 4.79 Å². The number of rotatable bonds is 7. The molecule has 0 saturated carbocycles. The minimum absolute atomic E-state index is 0.0255. The Morgan fingerprint density at radius 2 is 1.83 bits per heavy atom. The summed E-state index contributed by atoms with van der Waals surface area (Å²) in [6, 6.07) is 17.2. The molecule has 1 heterocycles. The van der Waals surface area contributed by atoms with Crippen LogP contribution in [0.3, 0.4) is 0 Å². The van der Waals surface area contributed by atoms with Gasteiger partial charge in [-0.15, -0.1) is 0 Å². The molecule has 0 saturated heterocycles. The lowest BCUT2D eigenvalue weighted by molar-refractivity contribution is -0.116. The lowest BCUT2D eigenvalue weighted by Gasteiger charge is -2.10. The third kappa shape index (κ3) is 3.72. The summed E-state index contributed by atoms with van der Waals surface area (Å²) in [7, 11) is 0. The van der Waals surface area contributed by atoms with Crippen molar-refractivity contribution >= 4 is 28.6 Å². The standard InChI is InChI=1S/C18H20N4O2/c23-13-11-19-18-21-15-8-4-5-9-16(15)22(18)12-10-17(24)20-14-6-2-1-3-7-14/h1-9,23H,10-13H2,(H,19,21)(H,20,24). The highest BCUT2D eigenvalue weighted by molar-refractivity contribution is 5.90. The number of aliphatic hydroxyl groups is 1. The van der Waals surface area contributed by atoms with Gasteiger partial charge in [0.15, 0.2) is 0 Å². The number of amides is 1. The summed E-state index contributed by atoms with van der Waals surface area (Å²) in [6.45, 7) is 0.949. The van der Waals surface area contributed by atoms with E-state index in [1.54, 1.807) is 0 Å². The summed E-state index contributed by atoms with van der Waals surface area (Å²) < 4.78 is 1.97. The van der Waals surface area contributed by atoms with E-state index in [1.165, 1.54) is 0 Å². The molecule has 0 spiro atoms. The molecule has 0 bridgehead atoms. The first kappa shape index (κ1) is 16.0. The molecule has 3 rings (SSSR count). The fraction of sp³-hybridized carbons (Fsp3) is 0.222. The van der Waals surface area contributed by atoms with Gasteiger partial charge < -0.3 is 20.3 Å². The average Bonchev–Trinajstić information content (AvgIpc) is 2.96. The molecule has 0 unspecified atom stereocenters. The van der Waals surface area contributed by atoms with Crippen LogP contribution >= 0.6 is 0 Å². The molecule has 6 heteroatoms. The van der Waals surface area contributed by atoms with E-state index in [0.29, 0.717) is 25.5 Å². The van der Waals surface area contributed by atoms with Crippen LogP contribution in [0.25, 0.3) is 11.0 Å². The van der Waals surface area contributed by atoms with Crippen LogP contribution in [-0.2, 0) is 11.3 Å². The second-order valence-electron chi connectivity index (χ2n) is 5.39. The molecule has 0 radical (unpaired) electrons. The van der Waals surface area contributed by atoms with Gasteiger partial charge in [0, 0.05) is 25.2 Å². The molecule has 2 aromatic carbocycles. The Bertz CT molecular complexity index is 814. The van der Waals surface area contributed by atoms with Gasteiger partial charge in [0.25, 0.3) is 0 Å². The number of aliphatic hydroxyl groups excluding tert-OH is 1. The van der Waals surface area contributed by atoms with Gasteiger partial charge in [-0.05, 0) is 24.3 Å². The zero-order valence-corrected chi connectivity index (χ0v) is 13.3. The molecule has 124 valence electrons. The summed E-state index contributed by atoms with van der Waals surface area (Å²) in [4.78, 5) is 16.7. The van der Waals surface area contributed by atoms with Crippen LogP contribution in [0.15, 0.2) is 54.6 Å². The minimum Gasteiger partial charge on any atom is -0.395 e. The molecule has 0 atom stereocenters. The quantitative estimate of drug-likeness (QED) is 0.624. The largest absolute Gasteiger partial charge is 0.395 e. The second kappa shape index (κ2) is 7.61. The van der Waals surface area contributed by atoms with E-state index in [-0.39, 0.29) is 12.5 Å². The fourth-order valence-electron chi connectivity index (χ4n) is 2.56. The first-order chi connectivity index (χ1) is 11.8. The molecule has 0 aliphatic rings. The number of hydrogen-bond acceptors (Lipinski definition) is 4. The third-order valence-corrected chi connectivity index (χ3v) is 3.67. The first-order valence-corrected chi connectivity index (χ1v) is 7.93.